The molecule has 0 saturated heterocycles. The summed E-state index contributed by atoms with van der Waals surface area (Å²) >= 11 is 3.36. The Bertz CT molecular complexity index is 824. The Morgan fingerprint density at radius 1 is 1.25 bits per heavy atom. The van der Waals surface area contributed by atoms with Crippen LogP contribution in [0.4, 0.5) is 10.2 Å². The molecule has 1 aliphatic carbocycles. The lowest BCUT2D eigenvalue weighted by atomic mass is 10.2. The van der Waals surface area contributed by atoms with Crippen LogP contribution in [0.5, 0.6) is 0 Å². The lowest BCUT2D eigenvalue weighted by Crippen LogP contribution is -2.25. The highest BCUT2D eigenvalue weighted by Crippen LogP contribution is 2.28. The number of benzene rings is 1. The second kappa shape index (κ2) is 7.16. The lowest BCUT2D eigenvalue weighted by molar-refractivity contribution is 0.577. The van der Waals surface area contributed by atoms with Gasteiger partial charge in [-0.1, -0.05) is 15.9 Å². The molecule has 0 atom stereocenters. The SMILES string of the molecule is O=S(=O)(NCC1CC1)c1ccc(NCc2cc(F)ccc2Br)nc1. The van der Waals surface area contributed by atoms with Gasteiger partial charge >= 0.3 is 0 Å². The Balaban J connectivity index is 1.62. The average molecular weight is 414 g/mol. The fourth-order valence-electron chi connectivity index (χ4n) is 2.14. The molecule has 1 aromatic heterocycles. The van der Waals surface area contributed by atoms with Crippen LogP contribution in [0.25, 0.3) is 0 Å². The van der Waals surface area contributed by atoms with Crippen LogP contribution in [-0.2, 0) is 16.6 Å². The van der Waals surface area contributed by atoms with Gasteiger partial charge in [0.1, 0.15) is 16.5 Å². The van der Waals surface area contributed by atoms with Crippen LogP contribution in [0.2, 0.25) is 0 Å². The van der Waals surface area contributed by atoms with Crippen molar-refractivity contribution in [1.29, 1.82) is 0 Å². The summed E-state index contributed by atoms with van der Waals surface area (Å²) in [5, 5.41) is 3.04. The molecule has 0 spiro atoms. The molecule has 1 aliphatic rings. The summed E-state index contributed by atoms with van der Waals surface area (Å²) in [6, 6.07) is 7.54. The normalized spacial score (nSPS) is 14.6. The van der Waals surface area contributed by atoms with Gasteiger partial charge in [0, 0.05) is 23.8 Å². The summed E-state index contributed by atoms with van der Waals surface area (Å²) in [6.07, 6.45) is 3.48. The van der Waals surface area contributed by atoms with Crippen molar-refractivity contribution in [2.24, 2.45) is 5.92 Å². The van der Waals surface area contributed by atoms with E-state index in [0.717, 1.165) is 22.9 Å². The zero-order valence-electron chi connectivity index (χ0n) is 12.8. The summed E-state index contributed by atoms with van der Waals surface area (Å²) in [5.74, 6) is 0.678. The van der Waals surface area contributed by atoms with E-state index in [1.165, 1.54) is 24.4 Å². The van der Waals surface area contributed by atoms with Gasteiger partial charge in [-0.05, 0) is 54.7 Å². The van der Waals surface area contributed by atoms with Crippen LogP contribution in [-0.4, -0.2) is 19.9 Å². The molecule has 0 unspecified atom stereocenters. The second-order valence-corrected chi connectivity index (χ2v) is 8.38. The molecule has 0 amide bonds. The van der Waals surface area contributed by atoms with Crippen molar-refractivity contribution < 1.29 is 12.8 Å². The predicted molar refractivity (Wildman–Crippen MR) is 93.6 cm³/mol. The molecule has 128 valence electrons. The molecule has 2 aromatic rings. The Labute approximate surface area is 148 Å². The number of halogens is 2. The van der Waals surface area contributed by atoms with Gasteiger partial charge in [0.25, 0.3) is 0 Å². The minimum absolute atomic E-state index is 0.139. The molecule has 1 heterocycles. The summed E-state index contributed by atoms with van der Waals surface area (Å²) in [5.41, 5.74) is 0.750. The lowest BCUT2D eigenvalue weighted by Gasteiger charge is -2.09. The van der Waals surface area contributed by atoms with E-state index in [4.69, 9.17) is 0 Å². The number of nitrogens with zero attached hydrogens (tertiary/aromatic N) is 1. The topological polar surface area (TPSA) is 71.1 Å². The zero-order chi connectivity index (χ0) is 17.2. The van der Waals surface area contributed by atoms with Crippen LogP contribution < -0.4 is 10.0 Å². The van der Waals surface area contributed by atoms with Crippen molar-refractivity contribution in [3.05, 3.63) is 52.4 Å². The molecule has 5 nitrogen and oxygen atoms in total. The van der Waals surface area contributed by atoms with Gasteiger partial charge in [-0.2, -0.15) is 0 Å². The maximum Gasteiger partial charge on any atom is 0.242 e. The summed E-state index contributed by atoms with van der Waals surface area (Å²) in [6.45, 7) is 0.854. The molecule has 24 heavy (non-hydrogen) atoms. The van der Waals surface area contributed by atoms with Crippen LogP contribution in [0.3, 0.4) is 0 Å². The highest BCUT2D eigenvalue weighted by atomic mass is 79.9. The van der Waals surface area contributed by atoms with Crippen LogP contribution in [0.1, 0.15) is 18.4 Å². The molecule has 3 rings (SSSR count). The Hall–Kier alpha value is -1.51. The summed E-state index contributed by atoms with van der Waals surface area (Å²) in [7, 11) is -3.51. The van der Waals surface area contributed by atoms with Gasteiger partial charge in [-0.3, -0.25) is 0 Å². The molecule has 0 bridgehead atoms. The van der Waals surface area contributed by atoms with E-state index >= 15 is 0 Å². The van der Waals surface area contributed by atoms with Gasteiger partial charge < -0.3 is 5.32 Å². The summed E-state index contributed by atoms with van der Waals surface area (Å²) < 4.78 is 40.9. The molecular weight excluding hydrogens is 397 g/mol. The third kappa shape index (κ3) is 4.52. The highest BCUT2D eigenvalue weighted by molar-refractivity contribution is 9.10. The van der Waals surface area contributed by atoms with Crippen LogP contribution >= 0.6 is 15.9 Å². The number of sulfonamides is 1. The fourth-order valence-corrected chi connectivity index (χ4v) is 3.59. The van der Waals surface area contributed by atoms with Gasteiger partial charge in [-0.15, -0.1) is 0 Å². The largest absolute Gasteiger partial charge is 0.366 e. The molecule has 1 aromatic carbocycles. The number of hydrogen-bond donors (Lipinski definition) is 2. The van der Waals surface area contributed by atoms with E-state index in [1.807, 2.05) is 0 Å². The van der Waals surface area contributed by atoms with Crippen LogP contribution in [0.15, 0.2) is 45.9 Å². The number of hydrogen-bond acceptors (Lipinski definition) is 4. The molecule has 0 aliphatic heterocycles. The van der Waals surface area contributed by atoms with Crippen molar-refractivity contribution in [1.82, 2.24) is 9.71 Å². The number of rotatable bonds is 7. The maximum absolute atomic E-state index is 13.3. The number of pyridine rings is 1. The van der Waals surface area contributed by atoms with Gasteiger partial charge in [0.05, 0.1) is 0 Å². The minimum atomic E-state index is -3.51. The monoisotopic (exact) mass is 413 g/mol. The Morgan fingerprint density at radius 2 is 2.04 bits per heavy atom. The Morgan fingerprint density at radius 3 is 2.71 bits per heavy atom. The molecule has 2 N–H and O–H groups in total. The number of nitrogens with one attached hydrogen (secondary N) is 2. The van der Waals surface area contributed by atoms with Crippen molar-refractivity contribution >= 4 is 31.8 Å². The van der Waals surface area contributed by atoms with Crippen molar-refractivity contribution in [2.75, 3.05) is 11.9 Å². The first-order chi connectivity index (χ1) is 11.4. The molecule has 1 fully saturated rings. The Kier molecular flexibility index (Phi) is 5.17. The summed E-state index contributed by atoms with van der Waals surface area (Å²) in [4.78, 5) is 4.26. The van der Waals surface area contributed by atoms with Crippen molar-refractivity contribution in [2.45, 2.75) is 24.3 Å². The van der Waals surface area contributed by atoms with E-state index < -0.39 is 10.0 Å². The fraction of sp³-hybridized carbons (Fsp3) is 0.312. The molecule has 0 radical (unpaired) electrons. The van der Waals surface area contributed by atoms with Gasteiger partial charge in [-0.25, -0.2) is 22.5 Å². The molecule has 8 heteroatoms. The van der Waals surface area contributed by atoms with E-state index in [9.17, 15) is 12.8 Å². The molecule has 1 saturated carbocycles. The van der Waals surface area contributed by atoms with Crippen molar-refractivity contribution in [3.8, 4) is 0 Å². The average Bonchev–Trinajstić information content (AvgIpc) is 3.39. The van der Waals surface area contributed by atoms with E-state index in [2.05, 4.69) is 31.0 Å². The molecular formula is C16H17BrFN3O2S. The third-order valence-electron chi connectivity index (χ3n) is 3.77. The first-order valence-electron chi connectivity index (χ1n) is 7.57. The third-order valence-corrected chi connectivity index (χ3v) is 5.96. The van der Waals surface area contributed by atoms with Crippen LogP contribution in [0, 0.1) is 11.7 Å². The number of anilines is 1. The van der Waals surface area contributed by atoms with Gasteiger partial charge in [0.2, 0.25) is 10.0 Å². The van der Waals surface area contributed by atoms with E-state index in [-0.39, 0.29) is 10.7 Å². The first-order valence-corrected chi connectivity index (χ1v) is 9.85. The quantitative estimate of drug-likeness (QED) is 0.730. The van der Waals surface area contributed by atoms with E-state index in [1.54, 1.807) is 12.1 Å². The minimum Gasteiger partial charge on any atom is -0.366 e. The highest BCUT2D eigenvalue weighted by Gasteiger charge is 2.24. The van der Waals surface area contributed by atoms with E-state index in [0.29, 0.717) is 24.8 Å². The maximum atomic E-state index is 13.3. The zero-order valence-corrected chi connectivity index (χ0v) is 15.2. The smallest absolute Gasteiger partial charge is 0.242 e. The number of aromatic nitrogens is 1. The van der Waals surface area contributed by atoms with Crippen molar-refractivity contribution in [3.63, 3.8) is 0 Å². The predicted octanol–water partition coefficient (Wildman–Crippen LogP) is 3.28. The standard InChI is InChI=1S/C16H17BrFN3O2S/c17-15-5-3-13(18)7-12(15)9-19-16-6-4-14(10-20-16)24(22,23)21-8-11-1-2-11/h3-7,10-11,21H,1-2,8-9H2,(H,19,20). The second-order valence-electron chi connectivity index (χ2n) is 5.76. The first kappa shape index (κ1) is 17.3. The van der Waals surface area contributed by atoms with Gasteiger partial charge in [0.15, 0.2) is 0 Å².